The Bertz CT molecular complexity index is 1630. The molecular formula is C29H30F2N6O2S. The van der Waals surface area contributed by atoms with Crippen LogP contribution in [0.5, 0.6) is 5.88 Å². The topological polar surface area (TPSA) is 89.5 Å². The van der Waals surface area contributed by atoms with E-state index < -0.39 is 11.6 Å². The maximum absolute atomic E-state index is 14.3. The molecule has 0 bridgehead atoms. The highest BCUT2D eigenvalue weighted by molar-refractivity contribution is 8.00. The van der Waals surface area contributed by atoms with Crippen molar-refractivity contribution in [1.29, 1.82) is 0 Å². The average Bonchev–Trinajstić information content (AvgIpc) is 2.95. The number of piperidine rings is 1. The third kappa shape index (κ3) is 4.88. The number of ether oxygens (including phenoxy) is 1. The van der Waals surface area contributed by atoms with Crippen LogP contribution in [-0.2, 0) is 13.1 Å². The SMILES string of the molecule is COc1cc(CN(Cc2c3n(c4cc(F)c(F)cc4c2=O)C(C)S3)[C@H]2CCCN(c3ccc(N)nc3)C2)ccn1. The normalized spacial score (nSPS) is 18.6. The van der Waals surface area contributed by atoms with Crippen molar-refractivity contribution in [3.05, 3.63) is 81.8 Å². The van der Waals surface area contributed by atoms with Crippen LogP contribution in [0, 0.1) is 11.6 Å². The summed E-state index contributed by atoms with van der Waals surface area (Å²) in [5, 5.41) is 1.03. The Kier molecular flexibility index (Phi) is 7.09. The highest BCUT2D eigenvalue weighted by Gasteiger charge is 2.33. The van der Waals surface area contributed by atoms with E-state index in [2.05, 4.69) is 19.8 Å². The molecule has 11 heteroatoms. The molecule has 40 heavy (non-hydrogen) atoms. The quantitative estimate of drug-likeness (QED) is 0.337. The molecule has 2 atom stereocenters. The molecule has 0 saturated carbocycles. The lowest BCUT2D eigenvalue weighted by Crippen LogP contribution is -2.48. The van der Waals surface area contributed by atoms with Gasteiger partial charge in [0, 0.05) is 61.5 Å². The number of halogens is 2. The van der Waals surface area contributed by atoms with Crippen molar-refractivity contribution in [2.45, 2.75) is 49.3 Å². The van der Waals surface area contributed by atoms with Gasteiger partial charge < -0.3 is 19.9 Å². The predicted molar refractivity (Wildman–Crippen MR) is 153 cm³/mol. The molecule has 1 saturated heterocycles. The third-order valence-electron chi connectivity index (χ3n) is 7.74. The van der Waals surface area contributed by atoms with Gasteiger partial charge in [-0.3, -0.25) is 9.69 Å². The van der Waals surface area contributed by atoms with E-state index in [1.54, 1.807) is 37.3 Å². The lowest BCUT2D eigenvalue weighted by atomic mass is 10.0. The van der Waals surface area contributed by atoms with Crippen LogP contribution in [0.25, 0.3) is 10.9 Å². The largest absolute Gasteiger partial charge is 0.481 e. The number of benzene rings is 1. The zero-order valence-corrected chi connectivity index (χ0v) is 23.1. The standard InChI is InChI=1S/C29H30F2N6O2S/c1-17-37-25-12-24(31)23(30)11-21(25)28(38)22(29(37)40-17)16-36(14-18-7-8-33-27(10-18)39-2)20-4-3-9-35(15-20)19-5-6-26(32)34-13-19/h5-8,10-13,17,20H,3-4,9,14-16H2,1-2H3,(H2,32,34)/t17?,20-/m0/s1. The Morgan fingerprint density at radius 1 is 1.15 bits per heavy atom. The van der Waals surface area contributed by atoms with E-state index in [4.69, 9.17) is 10.5 Å². The smallest absolute Gasteiger partial charge is 0.213 e. The van der Waals surface area contributed by atoms with Gasteiger partial charge in [-0.05, 0) is 49.6 Å². The van der Waals surface area contributed by atoms with Crippen LogP contribution in [0.3, 0.4) is 0 Å². The fraction of sp³-hybridized carbons (Fsp3) is 0.345. The number of anilines is 2. The third-order valence-corrected chi connectivity index (χ3v) is 8.96. The first-order valence-corrected chi connectivity index (χ1v) is 14.1. The first-order valence-electron chi connectivity index (χ1n) is 13.2. The van der Waals surface area contributed by atoms with Gasteiger partial charge in [0.15, 0.2) is 17.1 Å². The summed E-state index contributed by atoms with van der Waals surface area (Å²) in [6, 6.07) is 9.92. The lowest BCUT2D eigenvalue weighted by Gasteiger charge is -2.41. The molecule has 1 unspecified atom stereocenters. The summed E-state index contributed by atoms with van der Waals surface area (Å²) in [5.41, 5.74) is 8.59. The fourth-order valence-electron chi connectivity index (χ4n) is 5.71. The van der Waals surface area contributed by atoms with Crippen molar-refractivity contribution in [2.75, 3.05) is 30.8 Å². The Morgan fingerprint density at radius 2 is 1.98 bits per heavy atom. The highest BCUT2D eigenvalue weighted by atomic mass is 32.2. The molecule has 0 amide bonds. The van der Waals surface area contributed by atoms with Gasteiger partial charge in [-0.2, -0.15) is 0 Å². The molecular weight excluding hydrogens is 534 g/mol. The Hall–Kier alpha value is -3.70. The molecule has 1 aromatic carbocycles. The maximum atomic E-state index is 14.3. The molecule has 0 aliphatic carbocycles. The molecule has 4 aromatic rings. The van der Waals surface area contributed by atoms with Gasteiger partial charge in [-0.25, -0.2) is 18.7 Å². The van der Waals surface area contributed by atoms with Gasteiger partial charge in [-0.15, -0.1) is 0 Å². The number of nitrogens with two attached hydrogens (primary N) is 1. The van der Waals surface area contributed by atoms with Gasteiger partial charge in [0.25, 0.3) is 0 Å². The second-order valence-corrected chi connectivity index (χ2v) is 11.6. The fourth-order valence-corrected chi connectivity index (χ4v) is 6.87. The van der Waals surface area contributed by atoms with E-state index in [0.29, 0.717) is 35.9 Å². The van der Waals surface area contributed by atoms with Crippen LogP contribution in [0.4, 0.5) is 20.3 Å². The number of methoxy groups -OCH3 is 1. The number of nitrogen functional groups attached to an aromatic ring is 1. The molecule has 2 aliphatic rings. The van der Waals surface area contributed by atoms with E-state index in [9.17, 15) is 13.6 Å². The predicted octanol–water partition coefficient (Wildman–Crippen LogP) is 4.96. The number of thioether (sulfide) groups is 1. The molecule has 2 N–H and O–H groups in total. The minimum atomic E-state index is -1.02. The Morgan fingerprint density at radius 3 is 2.73 bits per heavy atom. The number of rotatable bonds is 7. The number of hydrogen-bond donors (Lipinski definition) is 1. The van der Waals surface area contributed by atoms with Crippen LogP contribution in [0.1, 0.15) is 36.3 Å². The second kappa shape index (κ2) is 10.7. The minimum Gasteiger partial charge on any atom is -0.481 e. The van der Waals surface area contributed by atoms with Crippen LogP contribution in [-0.4, -0.2) is 45.7 Å². The summed E-state index contributed by atoms with van der Waals surface area (Å²) >= 11 is 1.58. The second-order valence-electron chi connectivity index (χ2n) is 10.3. The van der Waals surface area contributed by atoms with Gasteiger partial charge in [0.05, 0.1) is 34.9 Å². The Balaban J connectivity index is 1.39. The van der Waals surface area contributed by atoms with Crippen LogP contribution < -0.4 is 20.8 Å². The van der Waals surface area contributed by atoms with E-state index in [-0.39, 0.29) is 22.2 Å². The van der Waals surface area contributed by atoms with E-state index >= 15 is 0 Å². The summed E-state index contributed by atoms with van der Waals surface area (Å²) in [4.78, 5) is 26.9. The van der Waals surface area contributed by atoms with E-state index in [0.717, 1.165) is 54.3 Å². The lowest BCUT2D eigenvalue weighted by molar-refractivity contribution is 0.156. The number of fused-ring (bicyclic) bond motifs is 3. The number of aromatic nitrogens is 3. The van der Waals surface area contributed by atoms with Crippen molar-refractivity contribution in [2.24, 2.45) is 0 Å². The van der Waals surface area contributed by atoms with Gasteiger partial charge in [-0.1, -0.05) is 11.8 Å². The van der Waals surface area contributed by atoms with Gasteiger partial charge in [0.1, 0.15) is 5.82 Å². The van der Waals surface area contributed by atoms with E-state index in [1.807, 2.05) is 29.7 Å². The molecule has 2 aliphatic heterocycles. The van der Waals surface area contributed by atoms with Crippen molar-refractivity contribution in [3.8, 4) is 5.88 Å². The average molecular weight is 565 g/mol. The summed E-state index contributed by atoms with van der Waals surface area (Å²) in [6.45, 7) is 4.56. The molecule has 208 valence electrons. The number of nitrogens with zero attached hydrogens (tertiary/aromatic N) is 5. The van der Waals surface area contributed by atoms with E-state index in [1.165, 1.54) is 0 Å². The van der Waals surface area contributed by atoms with Crippen LogP contribution in [0.15, 0.2) is 58.6 Å². The van der Waals surface area contributed by atoms with Crippen molar-refractivity contribution >= 4 is 34.2 Å². The maximum Gasteiger partial charge on any atom is 0.213 e. The molecule has 8 nitrogen and oxygen atoms in total. The molecule has 6 rings (SSSR count). The van der Waals surface area contributed by atoms with Crippen molar-refractivity contribution < 1.29 is 13.5 Å². The summed E-state index contributed by atoms with van der Waals surface area (Å²) in [6.07, 6.45) is 5.42. The number of pyridine rings is 3. The zero-order chi connectivity index (χ0) is 28.0. The first-order chi connectivity index (χ1) is 19.3. The van der Waals surface area contributed by atoms with Crippen LogP contribution >= 0.6 is 11.8 Å². The van der Waals surface area contributed by atoms with Gasteiger partial charge >= 0.3 is 0 Å². The monoisotopic (exact) mass is 564 g/mol. The molecule has 1 fully saturated rings. The summed E-state index contributed by atoms with van der Waals surface area (Å²) in [5.74, 6) is -0.974. The molecule has 0 radical (unpaired) electrons. The highest BCUT2D eigenvalue weighted by Crippen LogP contribution is 2.46. The molecule has 5 heterocycles. The summed E-state index contributed by atoms with van der Waals surface area (Å²) < 4.78 is 35.7. The Labute approximate surface area is 234 Å². The van der Waals surface area contributed by atoms with Crippen molar-refractivity contribution in [3.63, 3.8) is 0 Å². The minimum absolute atomic E-state index is 0.0165. The summed E-state index contributed by atoms with van der Waals surface area (Å²) in [7, 11) is 1.58. The van der Waals surface area contributed by atoms with Gasteiger partial charge in [0.2, 0.25) is 5.88 Å². The first kappa shape index (κ1) is 26.5. The zero-order valence-electron chi connectivity index (χ0n) is 22.3. The molecule has 3 aromatic heterocycles. The van der Waals surface area contributed by atoms with Crippen LogP contribution in [0.2, 0.25) is 0 Å². The number of hydrogen-bond acceptors (Lipinski definition) is 8. The molecule has 0 spiro atoms. The van der Waals surface area contributed by atoms with Crippen molar-refractivity contribution in [1.82, 2.24) is 19.4 Å².